The van der Waals surface area contributed by atoms with Crippen molar-refractivity contribution in [3.8, 4) is 46.0 Å². The van der Waals surface area contributed by atoms with Gasteiger partial charge in [0.2, 0.25) is 0 Å². The number of phosphoric acid groups is 1. The number of aryl methyl sites for hydroxylation is 2. The first-order chi connectivity index (χ1) is 23.5. The van der Waals surface area contributed by atoms with Gasteiger partial charge >= 0.3 is 7.82 Å². The Bertz CT molecular complexity index is 1710. The summed E-state index contributed by atoms with van der Waals surface area (Å²) in [6, 6.07) is 19.0. The minimum atomic E-state index is -4.74. The van der Waals surface area contributed by atoms with Crippen LogP contribution in [-0.2, 0) is 17.4 Å². The molecule has 0 spiro atoms. The molecule has 0 saturated heterocycles. The van der Waals surface area contributed by atoms with Crippen LogP contribution in [0, 0.1) is 0 Å². The molecule has 0 atom stereocenters. The second-order valence-electron chi connectivity index (χ2n) is 10.6. The van der Waals surface area contributed by atoms with Crippen molar-refractivity contribution >= 4 is 19.4 Å². The molecule has 0 aliphatic rings. The van der Waals surface area contributed by atoms with Gasteiger partial charge in [0.1, 0.15) is 46.0 Å². The van der Waals surface area contributed by atoms with Gasteiger partial charge in [-0.15, -0.1) is 0 Å². The van der Waals surface area contributed by atoms with Crippen molar-refractivity contribution in [3.05, 3.63) is 95.1 Å². The number of carbonyl (C=O) groups excluding carboxylic acids is 2. The number of methoxy groups -OCH3 is 6. The molecule has 0 bridgehead atoms. The predicted molar refractivity (Wildman–Crippen MR) is 181 cm³/mol. The number of hydrogen-bond acceptors (Lipinski definition) is 11. The number of benzene rings is 4. The van der Waals surface area contributed by atoms with Gasteiger partial charge in [0.15, 0.2) is 11.6 Å². The van der Waals surface area contributed by atoms with E-state index in [2.05, 4.69) is 0 Å². The SMILES string of the molecule is COc1ccc(CCC(=O)c2ccc(OP(=O)(O)Oc3ccc(C(=O)CCc4ccc(OC)cc4OC)c(OC)c3)cc2OC)c(OC)c1. The quantitative estimate of drug-likeness (QED) is 0.0852. The van der Waals surface area contributed by atoms with Crippen LogP contribution in [0.15, 0.2) is 72.8 Å². The Morgan fingerprint density at radius 3 is 1.20 bits per heavy atom. The molecule has 0 saturated carbocycles. The summed E-state index contributed by atoms with van der Waals surface area (Å²) < 4.78 is 55.6. The van der Waals surface area contributed by atoms with E-state index < -0.39 is 7.82 Å². The molecule has 0 unspecified atom stereocenters. The van der Waals surface area contributed by atoms with Gasteiger partial charge in [-0.25, -0.2) is 4.57 Å². The van der Waals surface area contributed by atoms with Crippen molar-refractivity contribution in [1.29, 1.82) is 0 Å². The van der Waals surface area contributed by atoms with E-state index in [-0.39, 0.29) is 58.5 Å². The summed E-state index contributed by atoms with van der Waals surface area (Å²) in [4.78, 5) is 36.8. The smallest absolute Gasteiger partial charge is 0.497 e. The van der Waals surface area contributed by atoms with Crippen LogP contribution in [0.25, 0.3) is 0 Å². The number of hydrogen-bond donors (Lipinski definition) is 1. The number of ether oxygens (including phenoxy) is 6. The standard InChI is InChI=1S/C36H39O12P/c1-41-25-11-7-23(33(19-25)43-3)9-17-31(37)29-15-13-27(21-35(29)45-5)47-49(39,40)48-28-14-16-30(36(22-28)46-6)32(38)18-10-24-8-12-26(42-2)20-34(24)44-4/h7-8,11-16,19-22H,9-10,17-18H2,1-6H3,(H,39,40). The first-order valence-electron chi connectivity index (χ1n) is 15.1. The highest BCUT2D eigenvalue weighted by atomic mass is 31.2. The number of Topliss-reactive ketones (excluding diaryl/α,β-unsaturated/α-hetero) is 2. The summed E-state index contributed by atoms with van der Waals surface area (Å²) >= 11 is 0. The van der Waals surface area contributed by atoms with Crippen LogP contribution in [0.3, 0.4) is 0 Å². The van der Waals surface area contributed by atoms with Crippen LogP contribution < -0.4 is 37.5 Å². The average Bonchev–Trinajstić information content (AvgIpc) is 3.11. The lowest BCUT2D eigenvalue weighted by Gasteiger charge is -2.16. The Morgan fingerprint density at radius 2 is 0.857 bits per heavy atom. The van der Waals surface area contributed by atoms with E-state index >= 15 is 0 Å². The minimum absolute atomic E-state index is 0.0659. The number of rotatable bonds is 18. The molecule has 0 aliphatic carbocycles. The van der Waals surface area contributed by atoms with Gasteiger partial charge in [-0.1, -0.05) is 12.1 Å². The van der Waals surface area contributed by atoms with E-state index in [0.29, 0.717) is 35.8 Å². The van der Waals surface area contributed by atoms with Gasteiger partial charge in [0.25, 0.3) is 0 Å². The van der Waals surface area contributed by atoms with Gasteiger partial charge in [-0.05, 0) is 60.4 Å². The van der Waals surface area contributed by atoms with E-state index in [1.54, 1.807) is 52.7 Å². The van der Waals surface area contributed by atoms with Crippen LogP contribution in [0.5, 0.6) is 46.0 Å². The third-order valence-corrected chi connectivity index (χ3v) is 8.50. The highest BCUT2D eigenvalue weighted by Gasteiger charge is 2.27. The van der Waals surface area contributed by atoms with Crippen molar-refractivity contribution in [2.75, 3.05) is 42.7 Å². The zero-order valence-corrected chi connectivity index (χ0v) is 29.0. The van der Waals surface area contributed by atoms with E-state index in [4.69, 9.17) is 37.5 Å². The van der Waals surface area contributed by atoms with Crippen LogP contribution in [-0.4, -0.2) is 59.1 Å². The molecule has 0 amide bonds. The molecule has 4 rings (SSSR count). The van der Waals surface area contributed by atoms with Crippen LogP contribution in [0.1, 0.15) is 44.7 Å². The first kappa shape index (κ1) is 36.6. The number of carbonyl (C=O) groups is 2. The number of ketones is 2. The highest BCUT2D eigenvalue weighted by molar-refractivity contribution is 7.48. The monoisotopic (exact) mass is 694 g/mol. The molecule has 1 N–H and O–H groups in total. The molecule has 4 aromatic carbocycles. The van der Waals surface area contributed by atoms with Crippen molar-refractivity contribution in [2.45, 2.75) is 25.7 Å². The van der Waals surface area contributed by atoms with Gasteiger partial charge < -0.3 is 37.5 Å². The van der Waals surface area contributed by atoms with Crippen molar-refractivity contribution in [2.24, 2.45) is 0 Å². The van der Waals surface area contributed by atoms with Crippen molar-refractivity contribution in [3.63, 3.8) is 0 Å². The Labute approximate surface area is 285 Å². The molecular formula is C36H39O12P. The van der Waals surface area contributed by atoms with Crippen molar-refractivity contribution in [1.82, 2.24) is 0 Å². The van der Waals surface area contributed by atoms with E-state index in [1.807, 2.05) is 12.1 Å². The van der Waals surface area contributed by atoms with Crippen LogP contribution >= 0.6 is 7.82 Å². The van der Waals surface area contributed by atoms with Crippen LogP contribution in [0.2, 0.25) is 0 Å². The zero-order valence-electron chi connectivity index (χ0n) is 28.1. The Kier molecular flexibility index (Phi) is 12.5. The third kappa shape index (κ3) is 9.46. The maximum atomic E-state index is 13.1. The van der Waals surface area contributed by atoms with Gasteiger partial charge in [-0.3, -0.25) is 14.5 Å². The summed E-state index contributed by atoms with van der Waals surface area (Å²) in [5, 5.41) is 0. The van der Waals surface area contributed by atoms with E-state index in [1.165, 1.54) is 50.6 Å². The molecular weight excluding hydrogens is 655 g/mol. The summed E-state index contributed by atoms with van der Waals surface area (Å²) in [6.07, 6.45) is 1.10. The fourth-order valence-corrected chi connectivity index (χ4v) is 5.88. The summed E-state index contributed by atoms with van der Waals surface area (Å²) in [6.45, 7) is 0. The molecule has 0 aliphatic heterocycles. The second-order valence-corrected chi connectivity index (χ2v) is 11.9. The molecule has 12 nitrogen and oxygen atoms in total. The molecule has 0 aromatic heterocycles. The maximum absolute atomic E-state index is 13.1. The summed E-state index contributed by atoms with van der Waals surface area (Å²) in [5.41, 5.74) is 2.20. The third-order valence-electron chi connectivity index (χ3n) is 7.62. The lowest BCUT2D eigenvalue weighted by molar-refractivity contribution is 0.0971. The lowest BCUT2D eigenvalue weighted by Crippen LogP contribution is -2.06. The molecule has 49 heavy (non-hydrogen) atoms. The van der Waals surface area contributed by atoms with Crippen LogP contribution in [0.4, 0.5) is 0 Å². The molecule has 4 aromatic rings. The highest BCUT2D eigenvalue weighted by Crippen LogP contribution is 2.46. The maximum Gasteiger partial charge on any atom is 0.584 e. The Hall–Kier alpha value is -5.19. The van der Waals surface area contributed by atoms with E-state index in [0.717, 1.165) is 11.1 Å². The largest absolute Gasteiger partial charge is 0.584 e. The number of phosphoric ester groups is 1. The molecule has 0 fully saturated rings. The molecule has 260 valence electrons. The topological polar surface area (TPSA) is 145 Å². The summed E-state index contributed by atoms with van der Waals surface area (Å²) in [7, 11) is 4.21. The fourth-order valence-electron chi connectivity index (χ4n) is 5.08. The molecule has 0 radical (unpaired) electrons. The molecule has 13 heteroatoms. The zero-order chi connectivity index (χ0) is 35.6. The second kappa shape index (κ2) is 16.8. The molecule has 0 heterocycles. The lowest BCUT2D eigenvalue weighted by atomic mass is 10.0. The minimum Gasteiger partial charge on any atom is -0.497 e. The van der Waals surface area contributed by atoms with Gasteiger partial charge in [-0.2, -0.15) is 0 Å². The fraction of sp³-hybridized carbons (Fsp3) is 0.278. The Morgan fingerprint density at radius 1 is 0.510 bits per heavy atom. The normalized spacial score (nSPS) is 10.9. The average molecular weight is 695 g/mol. The summed E-state index contributed by atoms with van der Waals surface area (Å²) in [5.74, 6) is 2.23. The van der Waals surface area contributed by atoms with Gasteiger partial charge in [0.05, 0.1) is 53.8 Å². The van der Waals surface area contributed by atoms with Gasteiger partial charge in [0, 0.05) is 37.1 Å². The Balaban J connectivity index is 1.40. The van der Waals surface area contributed by atoms with E-state index in [9.17, 15) is 19.0 Å². The first-order valence-corrected chi connectivity index (χ1v) is 16.6. The predicted octanol–water partition coefficient (Wildman–Crippen LogP) is 6.93. The van der Waals surface area contributed by atoms with Crippen molar-refractivity contribution < 1.29 is 56.5 Å².